The third kappa shape index (κ3) is 5.11. The van der Waals surface area contributed by atoms with Gasteiger partial charge in [0.1, 0.15) is 6.54 Å². The van der Waals surface area contributed by atoms with Gasteiger partial charge in [0.05, 0.1) is 6.04 Å². The van der Waals surface area contributed by atoms with Crippen molar-refractivity contribution >= 4 is 6.03 Å². The van der Waals surface area contributed by atoms with Crippen molar-refractivity contribution < 1.29 is 26.7 Å². The van der Waals surface area contributed by atoms with E-state index in [2.05, 4.69) is 5.32 Å². The lowest BCUT2D eigenvalue weighted by Gasteiger charge is -2.16. The van der Waals surface area contributed by atoms with Crippen LogP contribution in [-0.4, -0.2) is 18.8 Å². The van der Waals surface area contributed by atoms with E-state index < -0.39 is 36.4 Å². The molecule has 1 unspecified atom stereocenters. The number of hydrogen-bond donors (Lipinski definition) is 2. The zero-order valence-corrected chi connectivity index (χ0v) is 9.81. The fraction of sp³-hybridized carbons (Fsp3) is 0.364. The second-order valence-electron chi connectivity index (χ2n) is 3.84. The van der Waals surface area contributed by atoms with Gasteiger partial charge in [-0.15, -0.1) is 0 Å². The Morgan fingerprint density at radius 1 is 1.26 bits per heavy atom. The van der Waals surface area contributed by atoms with Crippen LogP contribution in [0.25, 0.3) is 0 Å². The Morgan fingerprint density at radius 2 is 1.89 bits per heavy atom. The molecule has 2 N–H and O–H groups in total. The molecule has 0 spiro atoms. The van der Waals surface area contributed by atoms with Crippen LogP contribution in [0.1, 0.15) is 18.5 Å². The summed E-state index contributed by atoms with van der Waals surface area (Å²) < 4.78 is 61.1. The Labute approximate surface area is 105 Å². The third-order valence-corrected chi connectivity index (χ3v) is 2.24. The number of carbonyl (C=O) groups is 1. The van der Waals surface area contributed by atoms with Crippen LogP contribution in [0.5, 0.6) is 0 Å². The Bertz CT molecular complexity index is 461. The summed E-state index contributed by atoms with van der Waals surface area (Å²) in [6.07, 6.45) is -4.51. The van der Waals surface area contributed by atoms with E-state index in [-0.39, 0.29) is 5.56 Å². The lowest BCUT2D eigenvalue weighted by atomic mass is 10.1. The van der Waals surface area contributed by atoms with E-state index in [0.29, 0.717) is 0 Å². The molecule has 106 valence electrons. The number of urea groups is 1. The molecule has 1 atom stereocenters. The molecule has 0 aliphatic heterocycles. The molecule has 0 aliphatic rings. The van der Waals surface area contributed by atoms with Gasteiger partial charge >= 0.3 is 12.2 Å². The molecule has 0 fully saturated rings. The Kier molecular flexibility index (Phi) is 4.68. The van der Waals surface area contributed by atoms with Gasteiger partial charge in [-0.25, -0.2) is 13.6 Å². The SMILES string of the molecule is CC(NC(=O)NCC(F)(F)F)c1ccc(F)c(F)c1. The van der Waals surface area contributed by atoms with Crippen molar-refractivity contribution in [2.75, 3.05) is 6.54 Å². The normalized spacial score (nSPS) is 12.9. The van der Waals surface area contributed by atoms with E-state index >= 15 is 0 Å². The van der Waals surface area contributed by atoms with Crippen LogP contribution in [-0.2, 0) is 0 Å². The summed E-state index contributed by atoms with van der Waals surface area (Å²) in [7, 11) is 0. The lowest BCUT2D eigenvalue weighted by Crippen LogP contribution is -2.41. The van der Waals surface area contributed by atoms with Crippen molar-refractivity contribution in [1.29, 1.82) is 0 Å². The maximum Gasteiger partial charge on any atom is 0.405 e. The first-order valence-corrected chi connectivity index (χ1v) is 5.25. The monoisotopic (exact) mass is 282 g/mol. The number of halogens is 5. The lowest BCUT2D eigenvalue weighted by molar-refractivity contribution is -0.122. The number of hydrogen-bond acceptors (Lipinski definition) is 1. The van der Waals surface area contributed by atoms with Crippen molar-refractivity contribution in [3.8, 4) is 0 Å². The van der Waals surface area contributed by atoms with E-state index in [4.69, 9.17) is 0 Å². The maximum absolute atomic E-state index is 12.9. The third-order valence-electron chi connectivity index (χ3n) is 2.24. The van der Waals surface area contributed by atoms with Gasteiger partial charge in [-0.2, -0.15) is 13.2 Å². The number of nitrogens with one attached hydrogen (secondary N) is 2. The van der Waals surface area contributed by atoms with Gasteiger partial charge in [0.15, 0.2) is 11.6 Å². The molecule has 3 nitrogen and oxygen atoms in total. The Morgan fingerprint density at radius 3 is 2.42 bits per heavy atom. The van der Waals surface area contributed by atoms with Crippen molar-refractivity contribution in [3.05, 3.63) is 35.4 Å². The van der Waals surface area contributed by atoms with Crippen molar-refractivity contribution in [1.82, 2.24) is 10.6 Å². The molecule has 0 heterocycles. The van der Waals surface area contributed by atoms with Crippen LogP contribution in [0.15, 0.2) is 18.2 Å². The maximum atomic E-state index is 12.9. The zero-order valence-electron chi connectivity index (χ0n) is 9.81. The van der Waals surface area contributed by atoms with Gasteiger partial charge in [0.25, 0.3) is 0 Å². The van der Waals surface area contributed by atoms with Gasteiger partial charge in [-0.1, -0.05) is 6.07 Å². The molecule has 2 amide bonds. The highest BCUT2D eigenvalue weighted by Gasteiger charge is 2.27. The molecule has 19 heavy (non-hydrogen) atoms. The number of rotatable bonds is 3. The van der Waals surface area contributed by atoms with Crippen LogP contribution in [0, 0.1) is 11.6 Å². The van der Waals surface area contributed by atoms with Gasteiger partial charge in [0, 0.05) is 0 Å². The van der Waals surface area contributed by atoms with Crippen LogP contribution in [0.4, 0.5) is 26.7 Å². The minimum Gasteiger partial charge on any atom is -0.332 e. The highest BCUT2D eigenvalue weighted by Crippen LogP contribution is 2.16. The molecular weight excluding hydrogens is 271 g/mol. The first-order chi connectivity index (χ1) is 8.69. The van der Waals surface area contributed by atoms with Crippen LogP contribution >= 0.6 is 0 Å². The van der Waals surface area contributed by atoms with Gasteiger partial charge in [-0.3, -0.25) is 0 Å². The molecule has 1 aromatic rings. The van der Waals surface area contributed by atoms with Gasteiger partial charge in [-0.05, 0) is 24.6 Å². The van der Waals surface area contributed by atoms with Crippen molar-refractivity contribution in [2.24, 2.45) is 0 Å². The van der Waals surface area contributed by atoms with Crippen LogP contribution in [0.2, 0.25) is 0 Å². The van der Waals surface area contributed by atoms with E-state index in [1.807, 2.05) is 0 Å². The molecule has 0 bridgehead atoms. The zero-order chi connectivity index (χ0) is 14.6. The number of alkyl halides is 3. The summed E-state index contributed by atoms with van der Waals surface area (Å²) in [5.74, 6) is -2.14. The standard InChI is InChI=1S/C11H11F5N2O/c1-6(7-2-3-8(12)9(13)4-7)18-10(19)17-5-11(14,15)16/h2-4,6H,5H2,1H3,(H2,17,18,19). The minimum absolute atomic E-state index is 0.237. The Balaban J connectivity index is 2.56. The molecular formula is C11H11F5N2O. The van der Waals surface area contributed by atoms with Crippen molar-refractivity contribution in [2.45, 2.75) is 19.1 Å². The average molecular weight is 282 g/mol. The first-order valence-electron chi connectivity index (χ1n) is 5.25. The van der Waals surface area contributed by atoms with E-state index in [9.17, 15) is 26.7 Å². The molecule has 0 saturated carbocycles. The van der Waals surface area contributed by atoms with Gasteiger partial charge in [0.2, 0.25) is 0 Å². The van der Waals surface area contributed by atoms with Crippen LogP contribution in [0.3, 0.4) is 0 Å². The molecule has 8 heteroatoms. The predicted octanol–water partition coefficient (Wildman–Crippen LogP) is 2.89. The largest absolute Gasteiger partial charge is 0.405 e. The van der Waals surface area contributed by atoms with E-state index in [0.717, 1.165) is 12.1 Å². The summed E-state index contributed by atoms with van der Waals surface area (Å²) in [4.78, 5) is 11.1. The summed E-state index contributed by atoms with van der Waals surface area (Å²) >= 11 is 0. The number of carbonyl (C=O) groups excluding carboxylic acids is 1. The highest BCUT2D eigenvalue weighted by molar-refractivity contribution is 5.74. The predicted molar refractivity (Wildman–Crippen MR) is 57.4 cm³/mol. The quantitative estimate of drug-likeness (QED) is 0.822. The first kappa shape index (κ1) is 15.2. The molecule has 0 aromatic heterocycles. The average Bonchev–Trinajstić information content (AvgIpc) is 2.29. The van der Waals surface area contributed by atoms with Gasteiger partial charge < -0.3 is 10.6 Å². The molecule has 1 aromatic carbocycles. The smallest absolute Gasteiger partial charge is 0.332 e. The van der Waals surface area contributed by atoms with E-state index in [1.165, 1.54) is 13.0 Å². The second kappa shape index (κ2) is 5.85. The highest BCUT2D eigenvalue weighted by atomic mass is 19.4. The number of amides is 2. The van der Waals surface area contributed by atoms with E-state index in [1.54, 1.807) is 5.32 Å². The summed E-state index contributed by atoms with van der Waals surface area (Å²) in [5, 5.41) is 3.78. The Hall–Kier alpha value is -1.86. The fourth-order valence-corrected chi connectivity index (χ4v) is 1.29. The molecule has 0 aliphatic carbocycles. The van der Waals surface area contributed by atoms with Crippen LogP contribution < -0.4 is 10.6 Å². The molecule has 0 saturated heterocycles. The fourth-order valence-electron chi connectivity index (χ4n) is 1.29. The number of benzene rings is 1. The summed E-state index contributed by atoms with van der Waals surface area (Å²) in [6.45, 7) is -0.0385. The summed E-state index contributed by atoms with van der Waals surface area (Å²) in [5.41, 5.74) is 0.237. The van der Waals surface area contributed by atoms with Crippen molar-refractivity contribution in [3.63, 3.8) is 0 Å². The molecule has 1 rings (SSSR count). The minimum atomic E-state index is -4.51. The topological polar surface area (TPSA) is 41.1 Å². The summed E-state index contributed by atoms with van der Waals surface area (Å²) in [6, 6.07) is 1.16. The molecule has 0 radical (unpaired) electrons. The second-order valence-corrected chi connectivity index (χ2v) is 3.84.